The van der Waals surface area contributed by atoms with E-state index in [1.54, 1.807) is 13.3 Å². The molecule has 0 aromatic heterocycles. The SMILES string of the molecule is C.C/C=C/c1ccc([N-]C)cc1.C[S-].[Y]. The van der Waals surface area contributed by atoms with Gasteiger partial charge in [0, 0.05) is 32.7 Å². The van der Waals surface area contributed by atoms with Gasteiger partial charge in [0.1, 0.15) is 0 Å². The van der Waals surface area contributed by atoms with Gasteiger partial charge in [-0.05, 0) is 12.5 Å². The standard InChI is InChI=1S/C10H12N.CH4S.CH4.Y/c1-3-4-9-5-7-10(11-2)8-6-9;1-2;;/h3-8H,1-2H3;2H,1H3;1H4;/q-1;;;/p-1/b4-3+;;;. The van der Waals surface area contributed by atoms with Gasteiger partial charge in [-0.15, -0.1) is 12.7 Å². The Morgan fingerprint density at radius 2 is 1.60 bits per heavy atom. The summed E-state index contributed by atoms with van der Waals surface area (Å²) in [5.74, 6) is 0. The topological polar surface area (TPSA) is 14.1 Å². The van der Waals surface area contributed by atoms with Crippen LogP contribution in [0, 0.1) is 0 Å². The summed E-state index contributed by atoms with van der Waals surface area (Å²) in [6.07, 6.45) is 5.68. The molecular weight excluding hydrogens is 279 g/mol. The Labute approximate surface area is 125 Å². The van der Waals surface area contributed by atoms with E-state index in [1.165, 1.54) is 5.56 Å². The number of rotatable bonds is 2. The van der Waals surface area contributed by atoms with Gasteiger partial charge < -0.3 is 17.9 Å². The molecule has 1 aromatic rings. The summed E-state index contributed by atoms with van der Waals surface area (Å²) in [7, 11) is 1.80. The third-order valence-corrected chi connectivity index (χ3v) is 1.51. The van der Waals surface area contributed by atoms with Crippen LogP contribution in [0.2, 0.25) is 0 Å². The van der Waals surface area contributed by atoms with E-state index in [9.17, 15) is 0 Å². The molecule has 0 aliphatic carbocycles. The number of allylic oxidation sites excluding steroid dienone is 1. The fourth-order valence-electron chi connectivity index (χ4n) is 0.927. The Hall–Kier alpha value is 0.214. The zero-order chi connectivity index (χ0) is 10.1. The number of nitrogens with zero attached hydrogens (tertiary/aromatic N) is 1. The van der Waals surface area contributed by atoms with Crippen LogP contribution in [0.15, 0.2) is 30.3 Å². The molecule has 83 valence electrons. The molecule has 0 bridgehead atoms. The van der Waals surface area contributed by atoms with Crippen molar-refractivity contribution in [3.8, 4) is 0 Å². The molecule has 0 spiro atoms. The molecule has 0 saturated carbocycles. The fourth-order valence-corrected chi connectivity index (χ4v) is 0.927. The second-order valence-electron chi connectivity index (χ2n) is 2.32. The van der Waals surface area contributed by atoms with Crippen molar-refractivity contribution in [1.29, 1.82) is 0 Å². The van der Waals surface area contributed by atoms with Crippen molar-refractivity contribution in [3.63, 3.8) is 0 Å². The first-order valence-electron chi connectivity index (χ1n) is 4.10. The van der Waals surface area contributed by atoms with Gasteiger partial charge in [0.2, 0.25) is 0 Å². The molecule has 15 heavy (non-hydrogen) atoms. The fraction of sp³-hybridized carbons (Fsp3) is 0.333. The van der Waals surface area contributed by atoms with Gasteiger partial charge >= 0.3 is 0 Å². The molecule has 0 aliphatic heterocycles. The first-order chi connectivity index (χ1) is 6.36. The van der Waals surface area contributed by atoms with Crippen molar-refractivity contribution in [1.82, 2.24) is 0 Å². The molecule has 1 aromatic carbocycles. The number of hydrogen-bond donors (Lipinski definition) is 0. The predicted octanol–water partition coefficient (Wildman–Crippen LogP) is 4.15. The van der Waals surface area contributed by atoms with Crippen molar-refractivity contribution >= 4 is 24.4 Å². The first-order valence-corrected chi connectivity index (χ1v) is 4.92. The minimum Gasteiger partial charge on any atom is -0.796 e. The van der Waals surface area contributed by atoms with Gasteiger partial charge in [-0.25, -0.2) is 0 Å². The summed E-state index contributed by atoms with van der Waals surface area (Å²) in [5, 5.41) is 4.05. The maximum Gasteiger partial charge on any atom is 0 e. The molecule has 0 atom stereocenters. The van der Waals surface area contributed by atoms with Crippen LogP contribution in [0.25, 0.3) is 11.4 Å². The summed E-state index contributed by atoms with van der Waals surface area (Å²) in [6, 6.07) is 8.13. The molecule has 3 heteroatoms. The second kappa shape index (κ2) is 14.2. The van der Waals surface area contributed by atoms with Crippen molar-refractivity contribution in [2.75, 3.05) is 13.3 Å². The van der Waals surface area contributed by atoms with Gasteiger partial charge in [0.25, 0.3) is 0 Å². The number of benzene rings is 1. The minimum absolute atomic E-state index is 0. The molecule has 0 saturated heterocycles. The molecule has 0 heterocycles. The van der Waals surface area contributed by atoms with E-state index < -0.39 is 0 Å². The van der Waals surface area contributed by atoms with Crippen molar-refractivity contribution < 1.29 is 32.7 Å². The Balaban J connectivity index is -0.000000339. The summed E-state index contributed by atoms with van der Waals surface area (Å²) in [5.41, 5.74) is 2.25. The molecular formula is C12H19NSY-2. The van der Waals surface area contributed by atoms with E-state index >= 15 is 0 Å². The van der Waals surface area contributed by atoms with Crippen LogP contribution in [0.4, 0.5) is 5.69 Å². The van der Waals surface area contributed by atoms with E-state index in [1.807, 2.05) is 25.1 Å². The molecule has 1 radical (unpaired) electrons. The van der Waals surface area contributed by atoms with E-state index in [4.69, 9.17) is 0 Å². The maximum atomic E-state index is 4.08. The molecule has 1 nitrogen and oxygen atoms in total. The van der Waals surface area contributed by atoms with Crippen LogP contribution in [-0.4, -0.2) is 13.3 Å². The summed E-state index contributed by atoms with van der Waals surface area (Å²) in [6.45, 7) is 2.01. The van der Waals surface area contributed by atoms with Crippen molar-refractivity contribution in [2.24, 2.45) is 0 Å². The third-order valence-electron chi connectivity index (χ3n) is 1.51. The third kappa shape index (κ3) is 9.16. The van der Waals surface area contributed by atoms with Gasteiger partial charge in [0.05, 0.1) is 0 Å². The number of hydrogen-bond acceptors (Lipinski definition) is 1. The van der Waals surface area contributed by atoms with E-state index in [-0.39, 0.29) is 40.1 Å². The Morgan fingerprint density at radius 3 is 1.93 bits per heavy atom. The zero-order valence-corrected chi connectivity index (χ0v) is 12.6. The summed E-state index contributed by atoms with van der Waals surface area (Å²) < 4.78 is 0. The molecule has 0 fully saturated rings. The van der Waals surface area contributed by atoms with Crippen LogP contribution in [0.5, 0.6) is 0 Å². The molecule has 0 unspecified atom stereocenters. The van der Waals surface area contributed by atoms with Crippen molar-refractivity contribution in [2.45, 2.75) is 14.4 Å². The maximum absolute atomic E-state index is 4.08. The average Bonchev–Trinajstić information content (AvgIpc) is 2.23. The first kappa shape index (κ1) is 20.6. The minimum atomic E-state index is 0. The summed E-state index contributed by atoms with van der Waals surface area (Å²) >= 11 is 4.08. The smallest absolute Gasteiger partial charge is 0 e. The van der Waals surface area contributed by atoms with Crippen LogP contribution < -0.4 is 0 Å². The second-order valence-corrected chi connectivity index (χ2v) is 2.32. The Kier molecular flexibility index (Phi) is 19.5. The van der Waals surface area contributed by atoms with E-state index in [0.29, 0.717) is 0 Å². The van der Waals surface area contributed by atoms with Gasteiger partial charge in [-0.3, -0.25) is 0 Å². The molecule has 0 aliphatic rings. The molecule has 1 rings (SSSR count). The normalized spacial score (nSPS) is 8.00. The van der Waals surface area contributed by atoms with Gasteiger partial charge in [-0.1, -0.05) is 43.8 Å². The summed E-state index contributed by atoms with van der Waals surface area (Å²) in [4.78, 5) is 0. The molecule has 0 amide bonds. The Morgan fingerprint density at radius 1 is 1.13 bits per heavy atom. The van der Waals surface area contributed by atoms with Crippen LogP contribution in [0.1, 0.15) is 19.9 Å². The van der Waals surface area contributed by atoms with Crippen LogP contribution in [-0.2, 0) is 45.3 Å². The predicted molar refractivity (Wildman–Crippen MR) is 70.1 cm³/mol. The van der Waals surface area contributed by atoms with Gasteiger partial charge in [-0.2, -0.15) is 6.26 Å². The van der Waals surface area contributed by atoms with E-state index in [0.717, 1.165) is 5.69 Å². The zero-order valence-electron chi connectivity index (χ0n) is 8.90. The molecule has 0 N–H and O–H groups in total. The van der Waals surface area contributed by atoms with Gasteiger partial charge in [0.15, 0.2) is 0 Å². The monoisotopic (exact) mass is 298 g/mol. The van der Waals surface area contributed by atoms with Crippen LogP contribution in [0.3, 0.4) is 0 Å². The quantitative estimate of drug-likeness (QED) is 0.748. The van der Waals surface area contributed by atoms with Crippen LogP contribution >= 0.6 is 0 Å². The average molecular weight is 298 g/mol. The van der Waals surface area contributed by atoms with Crippen molar-refractivity contribution in [3.05, 3.63) is 41.2 Å². The largest absolute Gasteiger partial charge is 0.796 e. The Bertz CT molecular complexity index is 244. The van der Waals surface area contributed by atoms with E-state index in [2.05, 4.69) is 36.2 Å².